The van der Waals surface area contributed by atoms with E-state index < -0.39 is 11.4 Å². The molecule has 1 heterocycles. The van der Waals surface area contributed by atoms with Gasteiger partial charge in [-0.05, 0) is 25.8 Å². The molecule has 0 atom stereocenters. The second-order valence-corrected chi connectivity index (χ2v) is 4.66. The van der Waals surface area contributed by atoms with E-state index in [1.807, 2.05) is 19.9 Å². The highest BCUT2D eigenvalue weighted by Gasteiger charge is 2.33. The van der Waals surface area contributed by atoms with Crippen molar-refractivity contribution in [3.63, 3.8) is 0 Å². The number of aliphatic carboxylic acids is 1. The van der Waals surface area contributed by atoms with E-state index in [-0.39, 0.29) is 0 Å². The molecule has 0 aliphatic heterocycles. The molecule has 1 aromatic rings. The van der Waals surface area contributed by atoms with Gasteiger partial charge in [0, 0.05) is 7.05 Å². The number of carbonyl (C=O) groups is 1. The average molecular weight is 210 g/mol. The van der Waals surface area contributed by atoms with Crippen LogP contribution < -0.4 is 0 Å². The lowest BCUT2D eigenvalue weighted by Crippen LogP contribution is -2.30. The number of carboxylic acids is 1. The van der Waals surface area contributed by atoms with E-state index in [1.54, 1.807) is 25.6 Å². The van der Waals surface area contributed by atoms with Crippen LogP contribution in [0.25, 0.3) is 0 Å². The van der Waals surface area contributed by atoms with Crippen LogP contribution >= 0.6 is 0 Å². The highest BCUT2D eigenvalue weighted by atomic mass is 16.4. The van der Waals surface area contributed by atoms with E-state index >= 15 is 0 Å². The molecule has 4 nitrogen and oxygen atoms in total. The molecule has 0 amide bonds. The Morgan fingerprint density at radius 2 is 2.07 bits per heavy atom. The summed E-state index contributed by atoms with van der Waals surface area (Å²) in [4.78, 5) is 11.1. The molecule has 1 rings (SSSR count). The molecule has 0 aliphatic rings. The lowest BCUT2D eigenvalue weighted by atomic mass is 9.89. The van der Waals surface area contributed by atoms with Crippen LogP contribution in [-0.2, 0) is 17.3 Å². The molecule has 1 N–H and O–H groups in total. The maximum Gasteiger partial charge on any atom is 0.315 e. The summed E-state index contributed by atoms with van der Waals surface area (Å²) >= 11 is 0. The zero-order valence-electron chi connectivity index (χ0n) is 9.90. The maximum absolute atomic E-state index is 11.1. The number of carboxylic acid groups (broad SMARTS) is 1. The standard InChI is InChI=1S/C11H18N2O2/c1-7(2)8-6-9(13(5)12-8)11(3,4)10(14)15/h6-7H,1-5H3,(H,14,15). The Kier molecular flexibility index (Phi) is 2.88. The van der Waals surface area contributed by atoms with Crippen molar-refractivity contribution in [2.45, 2.75) is 39.0 Å². The number of rotatable bonds is 3. The van der Waals surface area contributed by atoms with Gasteiger partial charge in [-0.25, -0.2) is 0 Å². The van der Waals surface area contributed by atoms with Crippen molar-refractivity contribution in [3.8, 4) is 0 Å². The van der Waals surface area contributed by atoms with E-state index in [0.717, 1.165) is 11.4 Å². The first-order valence-corrected chi connectivity index (χ1v) is 5.04. The lowest BCUT2D eigenvalue weighted by Gasteiger charge is -2.18. The third-order valence-electron chi connectivity index (χ3n) is 2.67. The highest BCUT2D eigenvalue weighted by Crippen LogP contribution is 2.25. The van der Waals surface area contributed by atoms with Crippen molar-refractivity contribution in [2.24, 2.45) is 7.05 Å². The van der Waals surface area contributed by atoms with Crippen LogP contribution in [-0.4, -0.2) is 20.9 Å². The van der Waals surface area contributed by atoms with Crippen molar-refractivity contribution in [2.75, 3.05) is 0 Å². The molecular formula is C11H18N2O2. The van der Waals surface area contributed by atoms with Gasteiger partial charge in [0.2, 0.25) is 0 Å². The van der Waals surface area contributed by atoms with Gasteiger partial charge in [-0.2, -0.15) is 5.10 Å². The summed E-state index contributed by atoms with van der Waals surface area (Å²) in [5.74, 6) is -0.518. The fraction of sp³-hybridized carbons (Fsp3) is 0.636. The Bertz CT molecular complexity index is 378. The molecule has 0 radical (unpaired) electrons. The summed E-state index contributed by atoms with van der Waals surface area (Å²) in [6.07, 6.45) is 0. The molecule has 84 valence electrons. The molecule has 0 saturated carbocycles. The first-order chi connectivity index (χ1) is 6.76. The first kappa shape index (κ1) is 11.8. The monoisotopic (exact) mass is 210 g/mol. The minimum atomic E-state index is -0.894. The summed E-state index contributed by atoms with van der Waals surface area (Å²) in [7, 11) is 1.78. The predicted molar refractivity (Wildman–Crippen MR) is 58.0 cm³/mol. The molecule has 0 aromatic carbocycles. The minimum absolute atomic E-state index is 0.314. The number of nitrogens with zero attached hydrogens (tertiary/aromatic N) is 2. The third-order valence-corrected chi connectivity index (χ3v) is 2.67. The topological polar surface area (TPSA) is 55.1 Å². The molecule has 15 heavy (non-hydrogen) atoms. The quantitative estimate of drug-likeness (QED) is 0.829. The Labute approximate surface area is 89.9 Å². The van der Waals surface area contributed by atoms with Gasteiger partial charge in [0.25, 0.3) is 0 Å². The van der Waals surface area contributed by atoms with E-state index in [2.05, 4.69) is 5.10 Å². The van der Waals surface area contributed by atoms with Crippen molar-refractivity contribution in [3.05, 3.63) is 17.5 Å². The summed E-state index contributed by atoms with van der Waals surface area (Å²) < 4.78 is 1.66. The average Bonchev–Trinajstić information content (AvgIpc) is 2.47. The van der Waals surface area contributed by atoms with Crippen LogP contribution in [0.15, 0.2) is 6.07 Å². The Balaban J connectivity index is 3.21. The summed E-state index contributed by atoms with van der Waals surface area (Å²) in [6.45, 7) is 7.46. The van der Waals surface area contributed by atoms with Crippen LogP contribution in [0, 0.1) is 0 Å². The number of aryl methyl sites for hydroxylation is 1. The minimum Gasteiger partial charge on any atom is -0.481 e. The molecule has 0 unspecified atom stereocenters. The van der Waals surface area contributed by atoms with Gasteiger partial charge in [-0.3, -0.25) is 9.48 Å². The van der Waals surface area contributed by atoms with Crippen LogP contribution in [0.3, 0.4) is 0 Å². The van der Waals surface area contributed by atoms with Gasteiger partial charge < -0.3 is 5.11 Å². The van der Waals surface area contributed by atoms with Gasteiger partial charge in [0.05, 0.1) is 11.4 Å². The summed E-state index contributed by atoms with van der Waals surface area (Å²) in [5, 5.41) is 13.4. The van der Waals surface area contributed by atoms with Crippen molar-refractivity contribution >= 4 is 5.97 Å². The predicted octanol–water partition coefficient (Wildman–Crippen LogP) is 1.91. The van der Waals surface area contributed by atoms with Gasteiger partial charge in [0.15, 0.2) is 0 Å². The number of hydrogen-bond donors (Lipinski definition) is 1. The number of aromatic nitrogens is 2. The Hall–Kier alpha value is -1.32. The van der Waals surface area contributed by atoms with Gasteiger partial charge in [0.1, 0.15) is 5.41 Å². The molecule has 0 saturated heterocycles. The SMILES string of the molecule is CC(C)c1cc(C(C)(C)C(=O)O)n(C)n1. The maximum atomic E-state index is 11.1. The largest absolute Gasteiger partial charge is 0.481 e. The zero-order valence-corrected chi connectivity index (χ0v) is 9.90. The third kappa shape index (κ3) is 2.03. The fourth-order valence-electron chi connectivity index (χ4n) is 1.47. The molecule has 0 spiro atoms. The number of hydrogen-bond acceptors (Lipinski definition) is 2. The smallest absolute Gasteiger partial charge is 0.315 e. The summed E-state index contributed by atoms with van der Waals surface area (Å²) in [5.41, 5.74) is 0.773. The molecule has 0 aliphatic carbocycles. The van der Waals surface area contributed by atoms with Crippen LogP contribution in [0.2, 0.25) is 0 Å². The van der Waals surface area contributed by atoms with E-state index in [1.165, 1.54) is 0 Å². The van der Waals surface area contributed by atoms with Crippen molar-refractivity contribution in [1.29, 1.82) is 0 Å². The summed E-state index contributed by atoms with van der Waals surface area (Å²) in [6, 6.07) is 1.87. The van der Waals surface area contributed by atoms with Crippen LogP contribution in [0.4, 0.5) is 0 Å². The van der Waals surface area contributed by atoms with Gasteiger partial charge in [-0.15, -0.1) is 0 Å². The van der Waals surface area contributed by atoms with E-state index in [9.17, 15) is 4.79 Å². The van der Waals surface area contributed by atoms with Gasteiger partial charge in [-0.1, -0.05) is 13.8 Å². The molecule has 4 heteroatoms. The molecular weight excluding hydrogens is 192 g/mol. The lowest BCUT2D eigenvalue weighted by molar-refractivity contribution is -0.142. The zero-order chi connectivity index (χ0) is 11.8. The van der Waals surface area contributed by atoms with Crippen LogP contribution in [0.1, 0.15) is 45.0 Å². The normalized spacial score (nSPS) is 12.1. The van der Waals surface area contributed by atoms with Crippen molar-refractivity contribution < 1.29 is 9.90 Å². The first-order valence-electron chi connectivity index (χ1n) is 5.04. The fourth-order valence-corrected chi connectivity index (χ4v) is 1.47. The molecule has 0 fully saturated rings. The Morgan fingerprint density at radius 3 is 2.40 bits per heavy atom. The van der Waals surface area contributed by atoms with Crippen LogP contribution in [0.5, 0.6) is 0 Å². The second kappa shape index (κ2) is 3.68. The molecule has 1 aromatic heterocycles. The second-order valence-electron chi connectivity index (χ2n) is 4.66. The Morgan fingerprint density at radius 1 is 1.53 bits per heavy atom. The highest BCUT2D eigenvalue weighted by molar-refractivity contribution is 5.79. The van der Waals surface area contributed by atoms with E-state index in [4.69, 9.17) is 5.11 Å². The molecule has 0 bridgehead atoms. The van der Waals surface area contributed by atoms with Gasteiger partial charge >= 0.3 is 5.97 Å². The van der Waals surface area contributed by atoms with E-state index in [0.29, 0.717) is 5.92 Å². The van der Waals surface area contributed by atoms with Crippen molar-refractivity contribution in [1.82, 2.24) is 9.78 Å².